The van der Waals surface area contributed by atoms with Gasteiger partial charge in [-0.2, -0.15) is 0 Å². The summed E-state index contributed by atoms with van der Waals surface area (Å²) in [4.78, 5) is 18.2. The SMILES string of the molecule is CN(CC(=O)N[C@H]1[C@H]2CCO[C@H]2[C@@H]1NS(C)(=O)=O)Cc1ccncc1. The Kier molecular flexibility index (Phi) is 5.38. The first-order chi connectivity index (χ1) is 11.8. The van der Waals surface area contributed by atoms with E-state index in [1.807, 2.05) is 24.1 Å². The molecule has 1 saturated carbocycles. The monoisotopic (exact) mass is 368 g/mol. The van der Waals surface area contributed by atoms with Gasteiger partial charge in [0.15, 0.2) is 0 Å². The van der Waals surface area contributed by atoms with Gasteiger partial charge in [0.05, 0.1) is 31.0 Å². The lowest BCUT2D eigenvalue weighted by Gasteiger charge is -2.47. The topological polar surface area (TPSA) is 101 Å². The molecule has 1 amide bonds. The van der Waals surface area contributed by atoms with Crippen LogP contribution in [0, 0.1) is 5.92 Å². The summed E-state index contributed by atoms with van der Waals surface area (Å²) in [5.74, 6) is 0.0564. The number of nitrogens with one attached hydrogen (secondary N) is 2. The molecule has 0 bridgehead atoms. The molecule has 3 rings (SSSR count). The average molecular weight is 368 g/mol. The summed E-state index contributed by atoms with van der Waals surface area (Å²) < 4.78 is 31.3. The number of rotatable bonds is 7. The predicted molar refractivity (Wildman–Crippen MR) is 92.1 cm³/mol. The molecule has 2 N–H and O–H groups in total. The van der Waals surface area contributed by atoms with Gasteiger partial charge in [-0.3, -0.25) is 14.7 Å². The van der Waals surface area contributed by atoms with Crippen LogP contribution in [0.1, 0.15) is 12.0 Å². The largest absolute Gasteiger partial charge is 0.376 e. The molecule has 9 heteroatoms. The summed E-state index contributed by atoms with van der Waals surface area (Å²) in [6, 6.07) is 3.21. The Bertz CT molecular complexity index is 712. The van der Waals surface area contributed by atoms with Crippen molar-refractivity contribution in [3.8, 4) is 0 Å². The highest BCUT2D eigenvalue weighted by atomic mass is 32.2. The Hall–Kier alpha value is -1.55. The van der Waals surface area contributed by atoms with E-state index in [4.69, 9.17) is 4.74 Å². The van der Waals surface area contributed by atoms with Crippen molar-refractivity contribution in [1.82, 2.24) is 19.9 Å². The average Bonchev–Trinajstić information content (AvgIpc) is 2.95. The van der Waals surface area contributed by atoms with Crippen LogP contribution in [0.15, 0.2) is 24.5 Å². The normalized spacial score (nSPS) is 28.4. The predicted octanol–water partition coefficient (Wildman–Crippen LogP) is -0.665. The van der Waals surface area contributed by atoms with Gasteiger partial charge in [0.2, 0.25) is 15.9 Å². The number of carbonyl (C=O) groups is 1. The molecular formula is C16H24N4O4S. The third-order valence-electron chi connectivity index (χ3n) is 4.68. The first-order valence-corrected chi connectivity index (χ1v) is 10.2. The smallest absolute Gasteiger partial charge is 0.234 e. The molecule has 138 valence electrons. The van der Waals surface area contributed by atoms with Crippen LogP contribution < -0.4 is 10.0 Å². The molecule has 4 atom stereocenters. The van der Waals surface area contributed by atoms with E-state index < -0.39 is 16.1 Å². The van der Waals surface area contributed by atoms with Crippen LogP contribution in [0.5, 0.6) is 0 Å². The van der Waals surface area contributed by atoms with Gasteiger partial charge in [-0.15, -0.1) is 0 Å². The van der Waals surface area contributed by atoms with Crippen LogP contribution in [0.4, 0.5) is 0 Å². The fraction of sp³-hybridized carbons (Fsp3) is 0.625. The number of sulfonamides is 1. The van der Waals surface area contributed by atoms with Gasteiger partial charge >= 0.3 is 0 Å². The van der Waals surface area contributed by atoms with Crippen LogP contribution in [0.25, 0.3) is 0 Å². The fourth-order valence-corrected chi connectivity index (χ4v) is 4.40. The van der Waals surface area contributed by atoms with Gasteiger partial charge in [-0.25, -0.2) is 13.1 Å². The number of aromatic nitrogens is 1. The summed E-state index contributed by atoms with van der Waals surface area (Å²) in [6.45, 7) is 1.48. The highest BCUT2D eigenvalue weighted by molar-refractivity contribution is 7.88. The number of hydrogen-bond acceptors (Lipinski definition) is 6. The van der Waals surface area contributed by atoms with Crippen LogP contribution in [-0.2, 0) is 26.1 Å². The van der Waals surface area contributed by atoms with E-state index >= 15 is 0 Å². The van der Waals surface area contributed by atoms with Gasteiger partial charge in [-0.05, 0) is 31.2 Å². The van der Waals surface area contributed by atoms with Gasteiger partial charge in [-0.1, -0.05) is 0 Å². The van der Waals surface area contributed by atoms with Crippen molar-refractivity contribution >= 4 is 15.9 Å². The van der Waals surface area contributed by atoms with Crippen molar-refractivity contribution in [2.45, 2.75) is 31.2 Å². The second kappa shape index (κ2) is 7.36. The van der Waals surface area contributed by atoms with E-state index in [1.165, 1.54) is 0 Å². The lowest BCUT2D eigenvalue weighted by Crippen LogP contribution is -2.71. The standard InChI is InChI=1S/C16H24N4O4S/c1-20(9-11-3-6-17-7-4-11)10-13(21)18-14-12-5-8-24-16(12)15(14)19-25(2,22)23/h3-4,6-7,12,14-16,19H,5,8-10H2,1-2H3,(H,18,21)/t12-,14+,15-,16-/m1/s1. The summed E-state index contributed by atoms with van der Waals surface area (Å²) in [6.07, 6.45) is 5.26. The van der Waals surface area contributed by atoms with Crippen LogP contribution in [-0.4, -0.2) is 68.9 Å². The third-order valence-corrected chi connectivity index (χ3v) is 5.38. The van der Waals surface area contributed by atoms with Crippen molar-refractivity contribution < 1.29 is 17.9 Å². The van der Waals surface area contributed by atoms with E-state index in [0.29, 0.717) is 13.2 Å². The molecular weight excluding hydrogens is 344 g/mol. The minimum absolute atomic E-state index is 0.118. The fourth-order valence-electron chi connectivity index (χ4n) is 3.62. The molecule has 0 unspecified atom stereocenters. The summed E-state index contributed by atoms with van der Waals surface area (Å²) in [5.41, 5.74) is 1.08. The van der Waals surface area contributed by atoms with Crippen molar-refractivity contribution in [2.75, 3.05) is 26.5 Å². The van der Waals surface area contributed by atoms with Gasteiger partial charge < -0.3 is 10.1 Å². The molecule has 25 heavy (non-hydrogen) atoms. The molecule has 0 aromatic carbocycles. The Labute approximate surface area is 148 Å². The molecule has 2 aliphatic rings. The molecule has 1 aromatic rings. The van der Waals surface area contributed by atoms with Crippen molar-refractivity contribution in [2.24, 2.45) is 5.92 Å². The Morgan fingerprint density at radius 1 is 1.36 bits per heavy atom. The van der Waals surface area contributed by atoms with E-state index in [9.17, 15) is 13.2 Å². The number of nitrogens with zero attached hydrogens (tertiary/aromatic N) is 2. The number of likely N-dealkylation sites (N-methyl/N-ethyl adjacent to an activating group) is 1. The number of ether oxygens (including phenoxy) is 1. The van der Waals surface area contributed by atoms with E-state index in [0.717, 1.165) is 18.2 Å². The minimum atomic E-state index is -3.35. The van der Waals surface area contributed by atoms with Crippen LogP contribution >= 0.6 is 0 Å². The van der Waals surface area contributed by atoms with E-state index in [1.54, 1.807) is 12.4 Å². The highest BCUT2D eigenvalue weighted by Crippen LogP contribution is 2.39. The lowest BCUT2D eigenvalue weighted by atomic mass is 9.72. The number of fused-ring (bicyclic) bond motifs is 1. The molecule has 0 radical (unpaired) electrons. The zero-order valence-corrected chi connectivity index (χ0v) is 15.2. The summed E-state index contributed by atoms with van der Waals surface area (Å²) in [5, 5.41) is 2.98. The molecule has 1 aromatic heterocycles. The van der Waals surface area contributed by atoms with Crippen molar-refractivity contribution in [3.05, 3.63) is 30.1 Å². The summed E-state index contributed by atoms with van der Waals surface area (Å²) >= 11 is 0. The quantitative estimate of drug-likeness (QED) is 0.662. The van der Waals surface area contributed by atoms with Crippen LogP contribution in [0.3, 0.4) is 0 Å². The summed E-state index contributed by atoms with van der Waals surface area (Å²) in [7, 11) is -1.48. The molecule has 1 saturated heterocycles. The number of carbonyl (C=O) groups excluding carboxylic acids is 1. The van der Waals surface area contributed by atoms with Crippen LogP contribution in [0.2, 0.25) is 0 Å². The zero-order chi connectivity index (χ0) is 18.0. The molecule has 0 spiro atoms. The Morgan fingerprint density at radius 2 is 2.08 bits per heavy atom. The minimum Gasteiger partial charge on any atom is -0.376 e. The van der Waals surface area contributed by atoms with Gasteiger partial charge in [0, 0.05) is 31.5 Å². The molecule has 2 fully saturated rings. The Balaban J connectivity index is 1.54. The maximum absolute atomic E-state index is 12.4. The van der Waals surface area contributed by atoms with E-state index in [-0.39, 0.29) is 30.5 Å². The second-order valence-electron chi connectivity index (χ2n) is 6.82. The molecule has 1 aliphatic heterocycles. The second-order valence-corrected chi connectivity index (χ2v) is 8.60. The maximum Gasteiger partial charge on any atom is 0.234 e. The first-order valence-electron chi connectivity index (χ1n) is 8.29. The number of pyridine rings is 1. The number of amides is 1. The van der Waals surface area contributed by atoms with Gasteiger partial charge in [0.1, 0.15) is 0 Å². The molecule has 8 nitrogen and oxygen atoms in total. The lowest BCUT2D eigenvalue weighted by molar-refractivity contribution is -0.126. The Morgan fingerprint density at radius 3 is 2.76 bits per heavy atom. The molecule has 1 aliphatic carbocycles. The van der Waals surface area contributed by atoms with Crippen molar-refractivity contribution in [1.29, 1.82) is 0 Å². The highest BCUT2D eigenvalue weighted by Gasteiger charge is 2.55. The van der Waals surface area contributed by atoms with Crippen molar-refractivity contribution in [3.63, 3.8) is 0 Å². The van der Waals surface area contributed by atoms with E-state index in [2.05, 4.69) is 15.0 Å². The number of hydrogen-bond donors (Lipinski definition) is 2. The third kappa shape index (κ3) is 4.55. The zero-order valence-electron chi connectivity index (χ0n) is 14.4. The molecule has 2 heterocycles. The first kappa shape index (κ1) is 18.2. The van der Waals surface area contributed by atoms with Gasteiger partial charge in [0.25, 0.3) is 0 Å². The maximum atomic E-state index is 12.4.